The van der Waals surface area contributed by atoms with Gasteiger partial charge in [-0.05, 0) is 146 Å². The lowest BCUT2D eigenvalue weighted by molar-refractivity contribution is 0.585. The van der Waals surface area contributed by atoms with E-state index in [9.17, 15) is 8.78 Å². The molecule has 0 fully saturated rings. The third-order valence-corrected chi connectivity index (χ3v) is 13.6. The average molecular weight is 904 g/mol. The zero-order valence-corrected chi connectivity index (χ0v) is 40.0. The zero-order valence-electron chi connectivity index (χ0n) is 40.0. The minimum absolute atomic E-state index is 0.203. The van der Waals surface area contributed by atoms with Gasteiger partial charge in [-0.3, -0.25) is 0 Å². The van der Waals surface area contributed by atoms with E-state index in [1.165, 1.54) is 42.5 Å². The number of anilines is 9. The third kappa shape index (κ3) is 7.74. The molecule has 0 spiro atoms. The Hall–Kier alpha value is -7.06. The summed E-state index contributed by atoms with van der Waals surface area (Å²) in [4.78, 5) is 6.03. The monoisotopic (exact) mass is 903 g/mol. The SMILES string of the molecule is CC(C)(C)c1ccc2c(c1)B1c3cc(C(C)(C)C)ccc3N(c3c(F)cccc3F)c3cc(N(c4ccc(F)cc4)c4ccc(F)cc4)cc(c31)N2c1cc(C(C)(C)C)ccc1-c1ccccc1. The number of fused-ring (bicyclic) bond motifs is 4. The first-order valence-electron chi connectivity index (χ1n) is 23.3. The van der Waals surface area contributed by atoms with Crippen LogP contribution in [-0.4, -0.2) is 6.71 Å². The van der Waals surface area contributed by atoms with Gasteiger partial charge in [0.15, 0.2) is 0 Å². The first kappa shape index (κ1) is 44.8. The van der Waals surface area contributed by atoms with E-state index in [1.54, 1.807) is 29.2 Å². The first-order valence-corrected chi connectivity index (χ1v) is 23.3. The van der Waals surface area contributed by atoms with Gasteiger partial charge in [0, 0.05) is 39.7 Å². The maximum Gasteiger partial charge on any atom is 0.252 e. The van der Waals surface area contributed by atoms with E-state index in [2.05, 4.69) is 134 Å². The van der Waals surface area contributed by atoms with Crippen LogP contribution in [0.3, 0.4) is 0 Å². The van der Waals surface area contributed by atoms with Gasteiger partial charge in [0.05, 0.1) is 11.4 Å². The van der Waals surface area contributed by atoms with Crippen LogP contribution in [0.5, 0.6) is 0 Å². The Labute approximate surface area is 398 Å². The van der Waals surface area contributed by atoms with Crippen molar-refractivity contribution in [2.75, 3.05) is 14.7 Å². The topological polar surface area (TPSA) is 9.72 Å². The highest BCUT2D eigenvalue weighted by Gasteiger charge is 2.46. The first-order chi connectivity index (χ1) is 32.3. The van der Waals surface area contributed by atoms with Gasteiger partial charge in [-0.1, -0.05) is 135 Å². The Morgan fingerprint density at radius 1 is 0.397 bits per heavy atom. The molecule has 10 rings (SSSR count). The summed E-state index contributed by atoms with van der Waals surface area (Å²) in [5.41, 5.74) is 13.1. The highest BCUT2D eigenvalue weighted by Crippen LogP contribution is 2.51. The van der Waals surface area contributed by atoms with Crippen molar-refractivity contribution in [1.29, 1.82) is 0 Å². The summed E-state index contributed by atoms with van der Waals surface area (Å²) in [6, 6.07) is 50.5. The normalized spacial score (nSPS) is 13.3. The van der Waals surface area contributed by atoms with Crippen molar-refractivity contribution in [1.82, 2.24) is 0 Å². The van der Waals surface area contributed by atoms with Crippen molar-refractivity contribution in [2.24, 2.45) is 0 Å². The van der Waals surface area contributed by atoms with E-state index >= 15 is 8.78 Å². The van der Waals surface area contributed by atoms with Crippen molar-refractivity contribution in [2.45, 2.75) is 78.6 Å². The van der Waals surface area contributed by atoms with Crippen LogP contribution >= 0.6 is 0 Å². The molecule has 0 saturated heterocycles. The van der Waals surface area contributed by atoms with Crippen molar-refractivity contribution in [3.8, 4) is 11.1 Å². The molecular weight excluding hydrogens is 849 g/mol. The van der Waals surface area contributed by atoms with Crippen LogP contribution < -0.4 is 31.1 Å². The van der Waals surface area contributed by atoms with Gasteiger partial charge < -0.3 is 14.7 Å². The minimum Gasteiger partial charge on any atom is -0.311 e. The Morgan fingerprint density at radius 3 is 1.35 bits per heavy atom. The van der Waals surface area contributed by atoms with Crippen molar-refractivity contribution in [3.05, 3.63) is 204 Å². The molecule has 3 nitrogen and oxygen atoms in total. The molecule has 2 heterocycles. The second-order valence-corrected chi connectivity index (χ2v) is 21.3. The molecule has 0 radical (unpaired) electrons. The van der Waals surface area contributed by atoms with Crippen molar-refractivity contribution < 1.29 is 17.6 Å². The molecule has 0 N–H and O–H groups in total. The lowest BCUT2D eigenvalue weighted by Gasteiger charge is -2.46. The van der Waals surface area contributed by atoms with Crippen molar-refractivity contribution in [3.63, 3.8) is 0 Å². The van der Waals surface area contributed by atoms with Crippen LogP contribution in [0.2, 0.25) is 0 Å². The molecule has 0 saturated carbocycles. The Morgan fingerprint density at radius 2 is 0.853 bits per heavy atom. The van der Waals surface area contributed by atoms with Crippen LogP contribution in [0, 0.1) is 23.3 Å². The molecule has 0 unspecified atom stereocenters. The fourth-order valence-corrected chi connectivity index (χ4v) is 9.93. The Kier molecular flexibility index (Phi) is 10.7. The lowest BCUT2D eigenvalue weighted by atomic mass is 9.33. The van der Waals surface area contributed by atoms with Gasteiger partial charge in [0.1, 0.15) is 29.0 Å². The highest BCUT2D eigenvalue weighted by molar-refractivity contribution is 7.00. The molecule has 0 aromatic heterocycles. The minimum atomic E-state index is -0.713. The summed E-state index contributed by atoms with van der Waals surface area (Å²) >= 11 is 0. The van der Waals surface area contributed by atoms with Crippen LogP contribution in [0.4, 0.5) is 68.7 Å². The molecule has 0 amide bonds. The fourth-order valence-electron chi connectivity index (χ4n) is 9.93. The van der Waals surface area contributed by atoms with E-state index in [0.29, 0.717) is 28.4 Å². The number of rotatable bonds is 6. The van der Waals surface area contributed by atoms with Crippen molar-refractivity contribution >= 4 is 74.3 Å². The van der Waals surface area contributed by atoms with Gasteiger partial charge in [0.2, 0.25) is 0 Å². The number of benzene rings is 8. The maximum atomic E-state index is 16.8. The quantitative estimate of drug-likeness (QED) is 0.122. The van der Waals surface area contributed by atoms with E-state index in [-0.39, 0.29) is 28.6 Å². The van der Waals surface area contributed by atoms with Crippen LogP contribution in [0.25, 0.3) is 11.1 Å². The number of halogens is 4. The van der Waals surface area contributed by atoms with E-state index in [0.717, 1.165) is 61.3 Å². The number of hydrogen-bond acceptors (Lipinski definition) is 3. The van der Waals surface area contributed by atoms with Gasteiger partial charge in [-0.15, -0.1) is 0 Å². The Bertz CT molecular complexity index is 3170. The summed E-state index contributed by atoms with van der Waals surface area (Å²) in [6.45, 7) is 19.4. The molecule has 0 aliphatic carbocycles. The second-order valence-electron chi connectivity index (χ2n) is 21.3. The van der Waals surface area contributed by atoms with Crippen LogP contribution in [0.1, 0.15) is 79.0 Å². The lowest BCUT2D eigenvalue weighted by Crippen LogP contribution is -2.62. The molecule has 2 aliphatic rings. The summed E-state index contributed by atoms with van der Waals surface area (Å²) in [6.07, 6.45) is 0. The standard InChI is InChI=1S/C60H54BF4N3/c1-58(2,3)38-19-30-51-47(32-38)61-48-33-39(59(4,5)6)20-31-52(48)68(57-49(64)16-13-17-50(57)65)55-36-45(66(43-25-21-41(62)22-26-43)44-27-23-42(63)24-28-44)35-54(56(55)61)67(51)53-34-40(60(7,8)9)18-29-46(53)37-14-11-10-12-15-37/h10-36H,1-9H3. The van der Waals surface area contributed by atoms with E-state index < -0.39 is 23.3 Å². The Balaban J connectivity index is 1.41. The predicted molar refractivity (Wildman–Crippen MR) is 277 cm³/mol. The highest BCUT2D eigenvalue weighted by atomic mass is 19.1. The van der Waals surface area contributed by atoms with E-state index in [1.807, 2.05) is 35.2 Å². The zero-order chi connectivity index (χ0) is 48.0. The number of para-hydroxylation sites is 1. The van der Waals surface area contributed by atoms with Crippen LogP contribution in [-0.2, 0) is 16.2 Å². The number of hydrogen-bond donors (Lipinski definition) is 0. The van der Waals surface area contributed by atoms with E-state index in [4.69, 9.17) is 0 Å². The van der Waals surface area contributed by atoms with Crippen LogP contribution in [0.15, 0.2) is 164 Å². The summed E-state index contributed by atoms with van der Waals surface area (Å²) in [5, 5.41) is 0. The maximum absolute atomic E-state index is 16.8. The molecule has 8 aromatic rings. The molecule has 0 atom stereocenters. The van der Waals surface area contributed by atoms with Gasteiger partial charge in [-0.2, -0.15) is 0 Å². The fraction of sp³-hybridized carbons (Fsp3) is 0.200. The molecule has 8 heteroatoms. The molecule has 0 bridgehead atoms. The molecule has 340 valence electrons. The summed E-state index contributed by atoms with van der Waals surface area (Å²) in [5.74, 6) is -2.24. The molecule has 68 heavy (non-hydrogen) atoms. The molecule has 2 aliphatic heterocycles. The summed E-state index contributed by atoms with van der Waals surface area (Å²) in [7, 11) is 0. The average Bonchev–Trinajstić information content (AvgIpc) is 3.29. The third-order valence-electron chi connectivity index (χ3n) is 13.6. The molecular formula is C60H54BF4N3. The predicted octanol–water partition coefficient (Wildman–Crippen LogP) is 15.4. The largest absolute Gasteiger partial charge is 0.311 e. The molecule has 8 aromatic carbocycles. The number of nitrogens with zero attached hydrogens (tertiary/aromatic N) is 3. The van der Waals surface area contributed by atoms with Gasteiger partial charge in [-0.25, -0.2) is 17.6 Å². The van der Waals surface area contributed by atoms with Gasteiger partial charge >= 0.3 is 0 Å². The summed E-state index contributed by atoms with van der Waals surface area (Å²) < 4.78 is 63.2. The smallest absolute Gasteiger partial charge is 0.252 e. The second kappa shape index (κ2) is 16.3. The van der Waals surface area contributed by atoms with Gasteiger partial charge in [0.25, 0.3) is 6.71 Å².